The van der Waals surface area contributed by atoms with Gasteiger partial charge in [-0.3, -0.25) is 4.90 Å². The van der Waals surface area contributed by atoms with Gasteiger partial charge in [-0.05, 0) is 29.9 Å². The number of likely N-dealkylation sites (tertiary alicyclic amines) is 1. The summed E-state index contributed by atoms with van der Waals surface area (Å²) in [6.45, 7) is 4.44. The van der Waals surface area contributed by atoms with Crippen molar-refractivity contribution in [3.63, 3.8) is 0 Å². The molecule has 0 spiro atoms. The highest BCUT2D eigenvalue weighted by atomic mass is 15.2. The normalized spacial score (nSPS) is 34.1. The molecule has 2 unspecified atom stereocenters. The van der Waals surface area contributed by atoms with Gasteiger partial charge in [0.05, 0.1) is 0 Å². The molecule has 2 fully saturated rings. The molecule has 2 atom stereocenters. The Morgan fingerprint density at radius 1 is 1.33 bits per heavy atom. The van der Waals surface area contributed by atoms with Crippen LogP contribution in [0.4, 0.5) is 0 Å². The van der Waals surface area contributed by atoms with E-state index in [2.05, 4.69) is 35.2 Å². The lowest BCUT2D eigenvalue weighted by atomic mass is 10.1. The summed E-state index contributed by atoms with van der Waals surface area (Å²) in [5.41, 5.74) is 7.77. The topological polar surface area (TPSA) is 29.3 Å². The summed E-state index contributed by atoms with van der Waals surface area (Å²) in [5.74, 6) is 0.895. The smallest absolute Gasteiger partial charge is 0.0234 e. The van der Waals surface area contributed by atoms with E-state index in [9.17, 15) is 0 Å². The van der Waals surface area contributed by atoms with Gasteiger partial charge in [0, 0.05) is 19.6 Å². The van der Waals surface area contributed by atoms with E-state index in [-0.39, 0.29) is 0 Å². The van der Waals surface area contributed by atoms with E-state index in [1.165, 1.54) is 25.1 Å². The van der Waals surface area contributed by atoms with E-state index in [1.807, 2.05) is 0 Å². The van der Waals surface area contributed by atoms with Crippen molar-refractivity contribution in [2.75, 3.05) is 19.6 Å². The van der Waals surface area contributed by atoms with Crippen molar-refractivity contribution in [3.8, 4) is 0 Å². The Bertz CT molecular complexity index is 345. The zero-order valence-corrected chi connectivity index (χ0v) is 9.02. The Labute approximate surface area is 91.1 Å². The van der Waals surface area contributed by atoms with Crippen LogP contribution in [0.2, 0.25) is 0 Å². The third-order valence-electron chi connectivity index (χ3n) is 4.03. The van der Waals surface area contributed by atoms with Crippen LogP contribution in [0.3, 0.4) is 0 Å². The van der Waals surface area contributed by atoms with Crippen LogP contribution in [-0.2, 0) is 6.54 Å². The van der Waals surface area contributed by atoms with Crippen molar-refractivity contribution in [1.82, 2.24) is 4.90 Å². The zero-order valence-electron chi connectivity index (χ0n) is 9.02. The Balaban J connectivity index is 1.63. The number of hydrogen-bond donors (Lipinski definition) is 1. The van der Waals surface area contributed by atoms with Gasteiger partial charge in [-0.15, -0.1) is 0 Å². The molecule has 1 aromatic carbocycles. The van der Waals surface area contributed by atoms with Gasteiger partial charge >= 0.3 is 0 Å². The molecule has 2 N–H and O–H groups in total. The van der Waals surface area contributed by atoms with E-state index in [1.54, 1.807) is 0 Å². The predicted octanol–water partition coefficient (Wildman–Crippen LogP) is 1.47. The quantitative estimate of drug-likeness (QED) is 0.804. The summed E-state index contributed by atoms with van der Waals surface area (Å²) in [7, 11) is 0. The molecule has 80 valence electrons. The summed E-state index contributed by atoms with van der Waals surface area (Å²) in [4.78, 5) is 2.55. The molecule has 2 aliphatic rings. The van der Waals surface area contributed by atoms with Crippen molar-refractivity contribution in [3.05, 3.63) is 35.9 Å². The largest absolute Gasteiger partial charge is 0.330 e. The molecule has 1 saturated heterocycles. The number of hydrogen-bond acceptors (Lipinski definition) is 2. The average Bonchev–Trinajstić information content (AvgIpc) is 2.84. The standard InChI is InChI=1S/C13H18N2/c14-9-13-6-12(13)8-15(10-13)7-11-4-2-1-3-5-11/h1-5,12H,6-10,14H2. The average molecular weight is 202 g/mol. The molecule has 0 aromatic heterocycles. The Morgan fingerprint density at radius 3 is 2.80 bits per heavy atom. The van der Waals surface area contributed by atoms with Crippen LogP contribution in [0.15, 0.2) is 30.3 Å². The molecule has 0 amide bonds. The molecular formula is C13H18N2. The van der Waals surface area contributed by atoms with E-state index in [4.69, 9.17) is 5.73 Å². The van der Waals surface area contributed by atoms with Gasteiger partial charge in [0.15, 0.2) is 0 Å². The number of benzene rings is 1. The Hall–Kier alpha value is -0.860. The fourth-order valence-corrected chi connectivity index (χ4v) is 2.98. The third-order valence-corrected chi connectivity index (χ3v) is 4.03. The van der Waals surface area contributed by atoms with Crippen LogP contribution in [0.25, 0.3) is 0 Å². The summed E-state index contributed by atoms with van der Waals surface area (Å²) in [5, 5.41) is 0. The Kier molecular flexibility index (Phi) is 2.08. The van der Waals surface area contributed by atoms with Gasteiger partial charge in [-0.1, -0.05) is 30.3 Å². The second-order valence-corrected chi connectivity index (χ2v) is 5.12. The summed E-state index contributed by atoms with van der Waals surface area (Å²) < 4.78 is 0. The first-order valence-corrected chi connectivity index (χ1v) is 5.79. The lowest BCUT2D eigenvalue weighted by Crippen LogP contribution is -2.27. The zero-order chi connectivity index (χ0) is 10.3. The number of fused-ring (bicyclic) bond motifs is 1. The van der Waals surface area contributed by atoms with Gasteiger partial charge in [-0.2, -0.15) is 0 Å². The highest BCUT2D eigenvalue weighted by Crippen LogP contribution is 2.57. The van der Waals surface area contributed by atoms with Gasteiger partial charge in [-0.25, -0.2) is 0 Å². The van der Waals surface area contributed by atoms with Crippen LogP contribution in [0, 0.1) is 11.3 Å². The minimum absolute atomic E-state index is 0.509. The summed E-state index contributed by atoms with van der Waals surface area (Å²) in [6.07, 6.45) is 1.37. The highest BCUT2D eigenvalue weighted by molar-refractivity contribution is 5.17. The van der Waals surface area contributed by atoms with Gasteiger partial charge in [0.2, 0.25) is 0 Å². The summed E-state index contributed by atoms with van der Waals surface area (Å²) in [6, 6.07) is 10.7. The van der Waals surface area contributed by atoms with Crippen molar-refractivity contribution >= 4 is 0 Å². The van der Waals surface area contributed by atoms with Gasteiger partial charge in [0.1, 0.15) is 0 Å². The maximum absolute atomic E-state index is 5.84. The second-order valence-electron chi connectivity index (χ2n) is 5.12. The molecular weight excluding hydrogens is 184 g/mol. The van der Waals surface area contributed by atoms with Crippen LogP contribution in [-0.4, -0.2) is 24.5 Å². The maximum Gasteiger partial charge on any atom is 0.0234 e. The van der Waals surface area contributed by atoms with Crippen molar-refractivity contribution in [2.24, 2.45) is 17.1 Å². The number of nitrogens with two attached hydrogens (primary N) is 1. The predicted molar refractivity (Wildman–Crippen MR) is 61.3 cm³/mol. The van der Waals surface area contributed by atoms with Crippen molar-refractivity contribution in [2.45, 2.75) is 13.0 Å². The summed E-state index contributed by atoms with van der Waals surface area (Å²) >= 11 is 0. The fraction of sp³-hybridized carbons (Fsp3) is 0.538. The van der Waals surface area contributed by atoms with Crippen LogP contribution >= 0.6 is 0 Å². The highest BCUT2D eigenvalue weighted by Gasteiger charge is 2.58. The van der Waals surface area contributed by atoms with E-state index in [0.717, 1.165) is 19.0 Å². The molecule has 0 radical (unpaired) electrons. The molecule has 15 heavy (non-hydrogen) atoms. The fourth-order valence-electron chi connectivity index (χ4n) is 2.98. The SMILES string of the molecule is NCC12CC1CN(Cc1ccccc1)C2. The first-order valence-electron chi connectivity index (χ1n) is 5.79. The molecule has 3 rings (SSSR count). The molecule has 2 nitrogen and oxygen atoms in total. The van der Waals surface area contributed by atoms with Gasteiger partial charge in [0.25, 0.3) is 0 Å². The molecule has 1 aliphatic heterocycles. The minimum Gasteiger partial charge on any atom is -0.330 e. The number of piperidine rings is 1. The third kappa shape index (κ3) is 1.58. The molecule has 1 heterocycles. The van der Waals surface area contributed by atoms with Crippen molar-refractivity contribution < 1.29 is 0 Å². The second kappa shape index (κ2) is 3.32. The van der Waals surface area contributed by atoms with E-state index < -0.39 is 0 Å². The molecule has 1 saturated carbocycles. The van der Waals surface area contributed by atoms with Crippen LogP contribution < -0.4 is 5.73 Å². The maximum atomic E-state index is 5.84. The molecule has 1 aromatic rings. The van der Waals surface area contributed by atoms with E-state index >= 15 is 0 Å². The first-order chi connectivity index (χ1) is 7.32. The monoisotopic (exact) mass is 202 g/mol. The molecule has 2 heteroatoms. The van der Waals surface area contributed by atoms with E-state index in [0.29, 0.717) is 5.41 Å². The van der Waals surface area contributed by atoms with Crippen molar-refractivity contribution in [1.29, 1.82) is 0 Å². The Morgan fingerprint density at radius 2 is 2.13 bits per heavy atom. The lowest BCUT2D eigenvalue weighted by molar-refractivity contribution is 0.274. The molecule has 1 aliphatic carbocycles. The van der Waals surface area contributed by atoms with Crippen LogP contribution in [0.1, 0.15) is 12.0 Å². The van der Waals surface area contributed by atoms with Gasteiger partial charge < -0.3 is 5.73 Å². The number of rotatable bonds is 3. The lowest BCUT2D eigenvalue weighted by Gasteiger charge is -2.19. The minimum atomic E-state index is 0.509. The van der Waals surface area contributed by atoms with Crippen LogP contribution in [0.5, 0.6) is 0 Å². The first kappa shape index (κ1) is 9.37. The molecule has 0 bridgehead atoms. The number of nitrogens with zero attached hydrogens (tertiary/aromatic N) is 1.